The van der Waals surface area contributed by atoms with Crippen LogP contribution < -0.4 is 0 Å². The van der Waals surface area contributed by atoms with Gasteiger partial charge in [-0.25, -0.2) is 0 Å². The first-order chi connectivity index (χ1) is 8.14. The van der Waals surface area contributed by atoms with Crippen LogP contribution in [0.2, 0.25) is 0 Å². The molecule has 0 saturated heterocycles. The molecule has 0 aliphatic heterocycles. The molecule has 3 heteroatoms. The van der Waals surface area contributed by atoms with E-state index in [1.54, 1.807) is 11.3 Å². The van der Waals surface area contributed by atoms with E-state index < -0.39 is 5.60 Å². The Bertz CT molecular complexity index is 480. The lowest BCUT2D eigenvalue weighted by atomic mass is 9.87. The zero-order valence-corrected chi connectivity index (χ0v) is 12.1. The van der Waals surface area contributed by atoms with Crippen LogP contribution in [-0.2, 0) is 12.0 Å². The lowest BCUT2D eigenvalue weighted by Gasteiger charge is -2.26. The van der Waals surface area contributed by atoms with Crippen molar-refractivity contribution in [3.05, 3.63) is 56.7 Å². The van der Waals surface area contributed by atoms with Gasteiger partial charge in [-0.1, -0.05) is 37.3 Å². The van der Waals surface area contributed by atoms with Crippen molar-refractivity contribution in [3.8, 4) is 0 Å². The molecule has 90 valence electrons. The van der Waals surface area contributed by atoms with Crippen molar-refractivity contribution < 1.29 is 5.11 Å². The van der Waals surface area contributed by atoms with Crippen molar-refractivity contribution in [2.45, 2.75) is 25.4 Å². The SMILES string of the molecule is CCC(O)(Cc1cc(Br)cs1)c1ccccc1. The van der Waals surface area contributed by atoms with Gasteiger partial charge in [0.25, 0.3) is 0 Å². The van der Waals surface area contributed by atoms with Crippen LogP contribution in [-0.4, -0.2) is 5.11 Å². The molecule has 1 heterocycles. The Kier molecular flexibility index (Phi) is 4.02. The molecule has 1 aromatic heterocycles. The molecule has 0 bridgehead atoms. The first-order valence-corrected chi connectivity index (χ1v) is 7.32. The van der Waals surface area contributed by atoms with E-state index in [4.69, 9.17) is 0 Å². The molecule has 17 heavy (non-hydrogen) atoms. The molecule has 0 spiro atoms. The van der Waals surface area contributed by atoms with Gasteiger partial charge in [0, 0.05) is 21.2 Å². The number of benzene rings is 1. The molecule has 1 aromatic carbocycles. The van der Waals surface area contributed by atoms with Crippen LogP contribution in [0, 0.1) is 0 Å². The smallest absolute Gasteiger partial charge is 0.0941 e. The summed E-state index contributed by atoms with van der Waals surface area (Å²) >= 11 is 5.13. The topological polar surface area (TPSA) is 20.2 Å². The van der Waals surface area contributed by atoms with Gasteiger partial charge < -0.3 is 5.11 Å². The van der Waals surface area contributed by atoms with Crippen LogP contribution in [0.3, 0.4) is 0 Å². The van der Waals surface area contributed by atoms with Crippen molar-refractivity contribution in [1.29, 1.82) is 0 Å². The Morgan fingerprint density at radius 2 is 2.00 bits per heavy atom. The zero-order valence-electron chi connectivity index (χ0n) is 9.69. The van der Waals surface area contributed by atoms with Gasteiger partial charge in [-0.3, -0.25) is 0 Å². The Morgan fingerprint density at radius 3 is 2.53 bits per heavy atom. The Balaban J connectivity index is 2.26. The molecule has 0 amide bonds. The van der Waals surface area contributed by atoms with Crippen molar-refractivity contribution in [1.82, 2.24) is 0 Å². The van der Waals surface area contributed by atoms with E-state index in [-0.39, 0.29) is 0 Å². The van der Waals surface area contributed by atoms with E-state index in [0.717, 1.165) is 10.0 Å². The highest BCUT2D eigenvalue weighted by Gasteiger charge is 2.27. The second-order valence-corrected chi connectivity index (χ2v) is 6.07. The van der Waals surface area contributed by atoms with Crippen LogP contribution in [0.1, 0.15) is 23.8 Å². The van der Waals surface area contributed by atoms with Crippen LogP contribution in [0.15, 0.2) is 46.3 Å². The predicted octanol–water partition coefficient (Wildman–Crippen LogP) is 4.35. The van der Waals surface area contributed by atoms with Gasteiger partial charge in [0.2, 0.25) is 0 Å². The summed E-state index contributed by atoms with van der Waals surface area (Å²) in [6.07, 6.45) is 1.39. The quantitative estimate of drug-likeness (QED) is 0.890. The molecule has 1 nitrogen and oxygen atoms in total. The van der Waals surface area contributed by atoms with Crippen molar-refractivity contribution in [2.75, 3.05) is 0 Å². The van der Waals surface area contributed by atoms with Crippen LogP contribution in [0.25, 0.3) is 0 Å². The van der Waals surface area contributed by atoms with E-state index in [1.165, 1.54) is 4.88 Å². The Labute approximate surface area is 114 Å². The average molecular weight is 311 g/mol. The maximum atomic E-state index is 10.7. The molecule has 0 aliphatic rings. The first-order valence-electron chi connectivity index (χ1n) is 5.65. The molecule has 1 N–H and O–H groups in total. The molecule has 2 aromatic rings. The van der Waals surface area contributed by atoms with E-state index in [2.05, 4.69) is 27.4 Å². The summed E-state index contributed by atoms with van der Waals surface area (Å²) in [4.78, 5) is 1.20. The summed E-state index contributed by atoms with van der Waals surface area (Å²) < 4.78 is 1.09. The van der Waals surface area contributed by atoms with Gasteiger partial charge in [-0.05, 0) is 34.0 Å². The predicted molar refractivity (Wildman–Crippen MR) is 76.4 cm³/mol. The second kappa shape index (κ2) is 5.34. The molecule has 0 saturated carbocycles. The standard InChI is InChI=1S/C14H15BrOS/c1-2-14(16,11-6-4-3-5-7-11)9-13-8-12(15)10-17-13/h3-8,10,16H,2,9H2,1H3. The Hall–Kier alpha value is -0.640. The van der Waals surface area contributed by atoms with Gasteiger partial charge in [-0.15, -0.1) is 11.3 Å². The zero-order chi connectivity index (χ0) is 12.3. The minimum absolute atomic E-state index is 0.670. The van der Waals surface area contributed by atoms with Crippen molar-refractivity contribution in [3.63, 3.8) is 0 Å². The first kappa shape index (κ1) is 12.8. The molecule has 2 rings (SSSR count). The minimum Gasteiger partial charge on any atom is -0.385 e. The highest BCUT2D eigenvalue weighted by Crippen LogP contribution is 2.32. The lowest BCUT2D eigenvalue weighted by molar-refractivity contribution is 0.0335. The molecule has 0 radical (unpaired) electrons. The summed E-state index contributed by atoms with van der Waals surface area (Å²) in [5.41, 5.74) is 0.234. The van der Waals surface area contributed by atoms with Gasteiger partial charge >= 0.3 is 0 Å². The van der Waals surface area contributed by atoms with E-state index >= 15 is 0 Å². The van der Waals surface area contributed by atoms with E-state index in [1.807, 2.05) is 37.3 Å². The van der Waals surface area contributed by atoms with Gasteiger partial charge in [0.1, 0.15) is 0 Å². The van der Waals surface area contributed by atoms with E-state index in [0.29, 0.717) is 12.8 Å². The van der Waals surface area contributed by atoms with Gasteiger partial charge in [-0.2, -0.15) is 0 Å². The third-order valence-corrected chi connectivity index (χ3v) is 4.68. The van der Waals surface area contributed by atoms with Crippen molar-refractivity contribution in [2.24, 2.45) is 0 Å². The molecule has 0 aliphatic carbocycles. The fourth-order valence-electron chi connectivity index (χ4n) is 1.91. The second-order valence-electron chi connectivity index (χ2n) is 4.16. The molecule has 1 atom stereocenters. The van der Waals surface area contributed by atoms with Crippen molar-refractivity contribution >= 4 is 27.3 Å². The van der Waals surface area contributed by atoms with Crippen LogP contribution in [0.4, 0.5) is 0 Å². The fraction of sp³-hybridized carbons (Fsp3) is 0.286. The third-order valence-electron chi connectivity index (χ3n) is 2.98. The number of hydrogen-bond acceptors (Lipinski definition) is 2. The normalized spacial score (nSPS) is 14.5. The monoisotopic (exact) mass is 310 g/mol. The highest BCUT2D eigenvalue weighted by molar-refractivity contribution is 9.10. The number of hydrogen-bond donors (Lipinski definition) is 1. The maximum Gasteiger partial charge on any atom is 0.0941 e. The summed E-state index contributed by atoms with van der Waals surface area (Å²) in [5, 5.41) is 12.8. The average Bonchev–Trinajstić information content (AvgIpc) is 2.75. The number of rotatable bonds is 4. The summed E-state index contributed by atoms with van der Waals surface area (Å²) in [6.45, 7) is 2.02. The molecular formula is C14H15BrOS. The lowest BCUT2D eigenvalue weighted by Crippen LogP contribution is -2.27. The summed E-state index contributed by atoms with van der Waals surface area (Å²) in [6, 6.07) is 12.0. The van der Waals surface area contributed by atoms with E-state index in [9.17, 15) is 5.11 Å². The number of halogens is 1. The highest BCUT2D eigenvalue weighted by atomic mass is 79.9. The minimum atomic E-state index is -0.758. The van der Waals surface area contributed by atoms with Gasteiger partial charge in [0.15, 0.2) is 0 Å². The largest absolute Gasteiger partial charge is 0.385 e. The fourth-order valence-corrected chi connectivity index (χ4v) is 3.47. The summed E-state index contributed by atoms with van der Waals surface area (Å²) in [5.74, 6) is 0. The third kappa shape index (κ3) is 2.97. The molecule has 1 unspecified atom stereocenters. The molecular weight excluding hydrogens is 296 g/mol. The van der Waals surface area contributed by atoms with Crippen LogP contribution >= 0.6 is 27.3 Å². The number of aliphatic hydroxyl groups is 1. The maximum absolute atomic E-state index is 10.7. The Morgan fingerprint density at radius 1 is 1.29 bits per heavy atom. The van der Waals surface area contributed by atoms with Gasteiger partial charge in [0.05, 0.1) is 5.60 Å². The number of thiophene rings is 1. The van der Waals surface area contributed by atoms with Crippen LogP contribution in [0.5, 0.6) is 0 Å². The summed E-state index contributed by atoms with van der Waals surface area (Å²) in [7, 11) is 0. The molecule has 0 fully saturated rings.